The zero-order valence-electron chi connectivity index (χ0n) is 16.3. The first-order valence-corrected chi connectivity index (χ1v) is 9.26. The topological polar surface area (TPSA) is 132 Å². The number of aromatic nitrogens is 4. The first-order valence-electron chi connectivity index (χ1n) is 9.26. The minimum atomic E-state index is -1.04. The highest BCUT2D eigenvalue weighted by atomic mass is 16.5. The quantitative estimate of drug-likeness (QED) is 0.560. The van der Waals surface area contributed by atoms with E-state index in [9.17, 15) is 4.79 Å². The van der Waals surface area contributed by atoms with Crippen molar-refractivity contribution in [2.45, 2.75) is 57.8 Å². The Hall–Kier alpha value is -2.83. The summed E-state index contributed by atoms with van der Waals surface area (Å²) in [5.74, 6) is 0.0390. The van der Waals surface area contributed by atoms with Crippen LogP contribution in [0.5, 0.6) is 0 Å². The van der Waals surface area contributed by atoms with E-state index in [1.165, 1.54) is 4.80 Å². The fourth-order valence-corrected chi connectivity index (χ4v) is 2.34. The number of tetrazole rings is 1. The summed E-state index contributed by atoms with van der Waals surface area (Å²) >= 11 is 0. The van der Waals surface area contributed by atoms with Crippen LogP contribution in [-0.4, -0.2) is 38.3 Å². The number of hydrogen-bond acceptors (Lipinski definition) is 7. The highest BCUT2D eigenvalue weighted by molar-refractivity contribution is 5.85. The van der Waals surface area contributed by atoms with Crippen LogP contribution in [0.1, 0.15) is 50.5 Å². The van der Waals surface area contributed by atoms with Crippen molar-refractivity contribution >= 4 is 5.91 Å². The molecule has 1 atom stereocenters. The summed E-state index contributed by atoms with van der Waals surface area (Å²) in [6, 6.07) is 11.3. The standard InChI is InChI=1S/C19H27N7O2/c1-19(2,21)18(27)22-16(14-28-13-15-9-5-3-6-10-15)17-23-25-26(24-17)12-8-4-7-11-20/h3,5-6,9-10,16H,4,7-8,12-14,21H2,1-2H3,(H,22,27)/t16-/m1/s1. The van der Waals surface area contributed by atoms with Crippen LogP contribution in [0.15, 0.2) is 30.3 Å². The molecule has 2 aromatic rings. The second kappa shape index (κ2) is 10.5. The molecule has 0 aliphatic rings. The first-order chi connectivity index (χ1) is 13.4. The minimum Gasteiger partial charge on any atom is -0.374 e. The second-order valence-electron chi connectivity index (χ2n) is 7.11. The molecule has 0 saturated heterocycles. The third kappa shape index (κ3) is 7.06. The summed E-state index contributed by atoms with van der Waals surface area (Å²) < 4.78 is 5.76. The second-order valence-corrected chi connectivity index (χ2v) is 7.11. The molecular weight excluding hydrogens is 358 g/mol. The Balaban J connectivity index is 2.00. The predicted octanol–water partition coefficient (Wildman–Crippen LogP) is 1.48. The number of carbonyl (C=O) groups excluding carboxylic acids is 1. The maximum atomic E-state index is 12.3. The molecule has 0 radical (unpaired) electrons. The van der Waals surface area contributed by atoms with Crippen LogP contribution in [0, 0.1) is 11.3 Å². The van der Waals surface area contributed by atoms with E-state index in [-0.39, 0.29) is 12.5 Å². The minimum absolute atomic E-state index is 0.191. The number of nitrogens with zero attached hydrogens (tertiary/aromatic N) is 5. The SMILES string of the molecule is CC(C)(N)C(=O)N[C@H](COCc1ccccc1)c1nnn(CCCCC#N)n1. The molecule has 9 nitrogen and oxygen atoms in total. The summed E-state index contributed by atoms with van der Waals surface area (Å²) in [6.07, 6.45) is 2.05. The van der Waals surface area contributed by atoms with Crippen molar-refractivity contribution in [3.8, 4) is 6.07 Å². The molecule has 2 rings (SSSR count). The number of nitriles is 1. The predicted molar refractivity (Wildman–Crippen MR) is 103 cm³/mol. The number of aryl methyl sites for hydroxylation is 1. The van der Waals surface area contributed by atoms with Gasteiger partial charge in [0, 0.05) is 6.42 Å². The average molecular weight is 385 g/mol. The summed E-state index contributed by atoms with van der Waals surface area (Å²) in [5, 5.41) is 23.9. The van der Waals surface area contributed by atoms with E-state index in [2.05, 4.69) is 26.8 Å². The van der Waals surface area contributed by atoms with Crippen molar-refractivity contribution < 1.29 is 9.53 Å². The molecule has 1 aromatic carbocycles. The third-order valence-electron chi connectivity index (χ3n) is 3.96. The fourth-order valence-electron chi connectivity index (χ4n) is 2.34. The van der Waals surface area contributed by atoms with E-state index in [0.29, 0.717) is 25.4 Å². The van der Waals surface area contributed by atoms with Gasteiger partial charge in [-0.1, -0.05) is 30.3 Å². The molecule has 9 heteroatoms. The van der Waals surface area contributed by atoms with E-state index in [1.54, 1.807) is 13.8 Å². The van der Waals surface area contributed by atoms with Gasteiger partial charge in [-0.05, 0) is 37.5 Å². The van der Waals surface area contributed by atoms with Crippen molar-refractivity contribution in [3.05, 3.63) is 41.7 Å². The molecular formula is C19H27N7O2. The lowest BCUT2D eigenvalue weighted by Crippen LogP contribution is -2.50. The molecule has 150 valence electrons. The van der Waals surface area contributed by atoms with Crippen LogP contribution in [-0.2, 0) is 22.7 Å². The zero-order chi connectivity index (χ0) is 20.4. The van der Waals surface area contributed by atoms with Gasteiger partial charge < -0.3 is 15.8 Å². The number of nitrogens with one attached hydrogen (secondary N) is 1. The monoisotopic (exact) mass is 385 g/mol. The lowest BCUT2D eigenvalue weighted by atomic mass is 10.1. The number of nitrogens with two attached hydrogens (primary N) is 1. The van der Waals surface area contributed by atoms with Crippen molar-refractivity contribution in [3.63, 3.8) is 0 Å². The molecule has 28 heavy (non-hydrogen) atoms. The van der Waals surface area contributed by atoms with Gasteiger partial charge in [0.05, 0.1) is 31.4 Å². The molecule has 1 amide bonds. The number of amides is 1. The van der Waals surface area contributed by atoms with Gasteiger partial charge in [-0.3, -0.25) is 4.79 Å². The maximum Gasteiger partial charge on any atom is 0.240 e. The van der Waals surface area contributed by atoms with Crippen LogP contribution >= 0.6 is 0 Å². The van der Waals surface area contributed by atoms with E-state index in [0.717, 1.165) is 18.4 Å². The van der Waals surface area contributed by atoms with Gasteiger partial charge in [-0.2, -0.15) is 10.1 Å². The lowest BCUT2D eigenvalue weighted by Gasteiger charge is -2.22. The van der Waals surface area contributed by atoms with Gasteiger partial charge in [-0.15, -0.1) is 10.2 Å². The van der Waals surface area contributed by atoms with Gasteiger partial charge in [0.15, 0.2) is 5.82 Å². The van der Waals surface area contributed by atoms with Crippen LogP contribution in [0.3, 0.4) is 0 Å². The highest BCUT2D eigenvalue weighted by Gasteiger charge is 2.27. The third-order valence-corrected chi connectivity index (χ3v) is 3.96. The molecule has 0 fully saturated rings. The average Bonchev–Trinajstić information content (AvgIpc) is 3.13. The molecule has 1 heterocycles. The van der Waals surface area contributed by atoms with E-state index >= 15 is 0 Å². The Bertz CT molecular complexity index is 778. The number of carbonyl (C=O) groups is 1. The molecule has 0 saturated carbocycles. The molecule has 0 aliphatic carbocycles. The molecule has 0 bridgehead atoms. The maximum absolute atomic E-state index is 12.3. The molecule has 0 spiro atoms. The number of benzene rings is 1. The van der Waals surface area contributed by atoms with E-state index in [4.69, 9.17) is 15.7 Å². The summed E-state index contributed by atoms with van der Waals surface area (Å²) in [6.45, 7) is 4.41. The van der Waals surface area contributed by atoms with E-state index in [1.807, 2.05) is 30.3 Å². The summed E-state index contributed by atoms with van der Waals surface area (Å²) in [5.41, 5.74) is 5.88. The normalized spacial score (nSPS) is 12.4. The van der Waals surface area contributed by atoms with Crippen LogP contribution in [0.4, 0.5) is 0 Å². The van der Waals surface area contributed by atoms with Crippen molar-refractivity contribution in [1.29, 1.82) is 5.26 Å². The Morgan fingerprint density at radius 3 is 2.79 bits per heavy atom. The number of ether oxygens (including phenoxy) is 1. The zero-order valence-corrected chi connectivity index (χ0v) is 16.3. The van der Waals surface area contributed by atoms with Gasteiger partial charge >= 0.3 is 0 Å². The molecule has 0 unspecified atom stereocenters. The van der Waals surface area contributed by atoms with Crippen molar-refractivity contribution in [1.82, 2.24) is 25.5 Å². The Kier molecular flexibility index (Phi) is 8.04. The highest BCUT2D eigenvalue weighted by Crippen LogP contribution is 2.11. The first kappa shape index (κ1) is 21.5. The van der Waals surface area contributed by atoms with E-state index < -0.39 is 11.6 Å². The Morgan fingerprint density at radius 2 is 2.11 bits per heavy atom. The molecule has 1 aromatic heterocycles. The number of unbranched alkanes of at least 4 members (excludes halogenated alkanes) is 2. The summed E-state index contributed by atoms with van der Waals surface area (Å²) in [4.78, 5) is 13.8. The van der Waals surface area contributed by atoms with Gasteiger partial charge in [0.25, 0.3) is 0 Å². The van der Waals surface area contributed by atoms with Crippen LogP contribution in [0.25, 0.3) is 0 Å². The smallest absolute Gasteiger partial charge is 0.240 e. The molecule has 3 N–H and O–H groups in total. The summed E-state index contributed by atoms with van der Waals surface area (Å²) in [7, 11) is 0. The van der Waals surface area contributed by atoms with Gasteiger partial charge in [0.2, 0.25) is 5.91 Å². The lowest BCUT2D eigenvalue weighted by molar-refractivity contribution is -0.126. The Morgan fingerprint density at radius 1 is 1.36 bits per heavy atom. The fraction of sp³-hybridized carbons (Fsp3) is 0.526. The van der Waals surface area contributed by atoms with Gasteiger partial charge in [0.1, 0.15) is 6.04 Å². The van der Waals surface area contributed by atoms with Crippen LogP contribution < -0.4 is 11.1 Å². The van der Waals surface area contributed by atoms with Gasteiger partial charge in [-0.25, -0.2) is 0 Å². The number of rotatable bonds is 11. The Labute approximate surface area is 164 Å². The largest absolute Gasteiger partial charge is 0.374 e. The van der Waals surface area contributed by atoms with Crippen LogP contribution in [0.2, 0.25) is 0 Å². The molecule has 0 aliphatic heterocycles. The van der Waals surface area contributed by atoms with Crippen molar-refractivity contribution in [2.75, 3.05) is 6.61 Å². The number of hydrogen-bond donors (Lipinski definition) is 2. The van der Waals surface area contributed by atoms with Crippen molar-refractivity contribution in [2.24, 2.45) is 5.73 Å².